The molecule has 20 heavy (non-hydrogen) atoms. The van der Waals surface area contributed by atoms with Crippen molar-refractivity contribution in [3.05, 3.63) is 60.2 Å². The number of benzene rings is 2. The minimum absolute atomic E-state index is 0.187. The highest BCUT2D eigenvalue weighted by Crippen LogP contribution is 2.31. The largest absolute Gasteiger partial charge is 0.314 e. The molecule has 0 aliphatic carbocycles. The number of rotatable bonds is 1. The van der Waals surface area contributed by atoms with Crippen LogP contribution in [0.15, 0.2) is 54.6 Å². The Labute approximate surface area is 116 Å². The van der Waals surface area contributed by atoms with Crippen LogP contribution < -0.4 is 10.6 Å². The number of hydrogen-bond donors (Lipinski definition) is 1. The Kier molecular flexibility index (Phi) is 3.08. The predicted molar refractivity (Wildman–Crippen MR) is 76.7 cm³/mol. The molecule has 0 saturated carbocycles. The average molecular weight is 266 g/mol. The van der Waals surface area contributed by atoms with Crippen molar-refractivity contribution >= 4 is 23.1 Å². The summed E-state index contributed by atoms with van der Waals surface area (Å²) < 4.78 is 0. The van der Waals surface area contributed by atoms with Crippen molar-refractivity contribution in [2.45, 2.75) is 12.5 Å². The Morgan fingerprint density at radius 3 is 2.35 bits per heavy atom. The lowest BCUT2D eigenvalue weighted by Gasteiger charge is -2.24. The molecule has 4 nitrogen and oxygen atoms in total. The fraction of sp³-hybridized carbons (Fsp3) is 0.125. The van der Waals surface area contributed by atoms with E-state index >= 15 is 0 Å². The number of hydrogen-bond acceptors (Lipinski definition) is 3. The van der Waals surface area contributed by atoms with Gasteiger partial charge >= 0.3 is 0 Å². The van der Waals surface area contributed by atoms with E-state index in [2.05, 4.69) is 0 Å². The minimum atomic E-state index is -1.11. The van der Waals surface area contributed by atoms with E-state index in [4.69, 9.17) is 5.73 Å². The normalized spacial score (nSPS) is 18.6. The molecule has 0 spiro atoms. The first-order chi connectivity index (χ1) is 9.68. The van der Waals surface area contributed by atoms with Gasteiger partial charge in [0.2, 0.25) is 0 Å². The van der Waals surface area contributed by atoms with E-state index in [1.807, 2.05) is 54.6 Å². The van der Waals surface area contributed by atoms with Crippen molar-refractivity contribution in [1.29, 1.82) is 0 Å². The first-order valence-corrected chi connectivity index (χ1v) is 6.43. The first kappa shape index (κ1) is 12.6. The predicted octanol–water partition coefficient (Wildman–Crippen LogP) is 1.80. The Balaban J connectivity index is 2.20. The molecule has 1 aliphatic rings. The molecule has 0 radical (unpaired) electrons. The lowest BCUT2D eigenvalue weighted by atomic mass is 10.1. The summed E-state index contributed by atoms with van der Waals surface area (Å²) in [5, 5.41) is 0. The van der Waals surface area contributed by atoms with Crippen LogP contribution in [0.1, 0.15) is 5.56 Å². The summed E-state index contributed by atoms with van der Waals surface area (Å²) in [6.45, 7) is 0. The van der Waals surface area contributed by atoms with E-state index in [0.29, 0.717) is 0 Å². The van der Waals surface area contributed by atoms with Gasteiger partial charge in [-0.2, -0.15) is 0 Å². The zero-order valence-corrected chi connectivity index (χ0v) is 10.8. The lowest BCUT2D eigenvalue weighted by Crippen LogP contribution is -2.45. The number of para-hydroxylation sites is 2. The quantitative estimate of drug-likeness (QED) is 0.801. The topological polar surface area (TPSA) is 63.4 Å². The molecular weight excluding hydrogens is 252 g/mol. The molecule has 0 aromatic heterocycles. The number of fused-ring (bicyclic) bond motifs is 1. The minimum Gasteiger partial charge on any atom is -0.314 e. The second-order valence-corrected chi connectivity index (χ2v) is 4.76. The fourth-order valence-corrected chi connectivity index (χ4v) is 2.42. The monoisotopic (exact) mass is 266 g/mol. The van der Waals surface area contributed by atoms with Crippen LogP contribution >= 0.6 is 0 Å². The van der Waals surface area contributed by atoms with Gasteiger partial charge in [0, 0.05) is 12.1 Å². The smallest absolute Gasteiger partial charge is 0.256 e. The Morgan fingerprint density at radius 1 is 0.950 bits per heavy atom. The Bertz CT molecular complexity index is 667. The first-order valence-electron chi connectivity index (χ1n) is 6.43. The molecule has 1 heterocycles. The number of ketones is 1. The van der Waals surface area contributed by atoms with Crippen LogP contribution in [0.2, 0.25) is 0 Å². The number of nitrogens with zero attached hydrogens (tertiary/aromatic N) is 1. The standard InChI is InChI=1S/C16H14N2O2/c17-15-14(19)10-11-6-4-5-9-13(11)18(16(15)20)12-7-2-1-3-8-12/h1-9,15H,10,17H2. The van der Waals surface area contributed by atoms with Crippen LogP contribution in [-0.2, 0) is 16.0 Å². The zero-order valence-electron chi connectivity index (χ0n) is 10.8. The molecule has 1 unspecified atom stereocenters. The van der Waals surface area contributed by atoms with Gasteiger partial charge in [0.25, 0.3) is 5.91 Å². The van der Waals surface area contributed by atoms with Gasteiger partial charge in [0.05, 0.1) is 5.69 Å². The second-order valence-electron chi connectivity index (χ2n) is 4.76. The van der Waals surface area contributed by atoms with E-state index in [1.165, 1.54) is 4.90 Å². The van der Waals surface area contributed by atoms with Gasteiger partial charge < -0.3 is 5.73 Å². The summed E-state index contributed by atoms with van der Waals surface area (Å²) in [7, 11) is 0. The van der Waals surface area contributed by atoms with Crippen LogP contribution in [0.4, 0.5) is 11.4 Å². The Hall–Kier alpha value is -2.46. The highest BCUT2D eigenvalue weighted by atomic mass is 16.2. The van der Waals surface area contributed by atoms with Crippen LogP contribution in [0.3, 0.4) is 0 Å². The van der Waals surface area contributed by atoms with Crippen LogP contribution in [-0.4, -0.2) is 17.7 Å². The highest BCUT2D eigenvalue weighted by Gasteiger charge is 2.33. The van der Waals surface area contributed by atoms with Crippen molar-refractivity contribution < 1.29 is 9.59 Å². The number of carbonyl (C=O) groups excluding carboxylic acids is 2. The van der Waals surface area contributed by atoms with E-state index in [0.717, 1.165) is 16.9 Å². The number of Topliss-reactive ketones (excluding diaryl/α,β-unsaturated/α-hetero) is 1. The summed E-state index contributed by atoms with van der Waals surface area (Å²) in [6, 6.07) is 15.5. The summed E-state index contributed by atoms with van der Waals surface area (Å²) in [4.78, 5) is 26.0. The molecule has 2 aromatic carbocycles. The molecule has 3 rings (SSSR count). The van der Waals surface area contributed by atoms with Gasteiger partial charge in [-0.25, -0.2) is 0 Å². The maximum absolute atomic E-state index is 12.5. The maximum Gasteiger partial charge on any atom is 0.256 e. The van der Waals surface area contributed by atoms with Gasteiger partial charge in [-0.1, -0.05) is 36.4 Å². The van der Waals surface area contributed by atoms with E-state index in [-0.39, 0.29) is 18.1 Å². The molecule has 0 bridgehead atoms. The molecule has 100 valence electrons. The molecule has 1 atom stereocenters. The number of amides is 1. The van der Waals surface area contributed by atoms with E-state index < -0.39 is 6.04 Å². The number of carbonyl (C=O) groups is 2. The SMILES string of the molecule is NC1C(=O)Cc2ccccc2N(c2ccccc2)C1=O. The number of nitrogens with two attached hydrogens (primary N) is 1. The Morgan fingerprint density at radius 2 is 1.60 bits per heavy atom. The summed E-state index contributed by atoms with van der Waals surface area (Å²) in [6.07, 6.45) is 0.187. The van der Waals surface area contributed by atoms with Crippen molar-refractivity contribution in [2.75, 3.05) is 4.90 Å². The van der Waals surface area contributed by atoms with Gasteiger partial charge in [-0.05, 0) is 23.8 Å². The van der Waals surface area contributed by atoms with Gasteiger partial charge in [0.15, 0.2) is 5.78 Å². The average Bonchev–Trinajstić information content (AvgIpc) is 2.57. The van der Waals surface area contributed by atoms with Gasteiger partial charge in [0.1, 0.15) is 6.04 Å². The zero-order chi connectivity index (χ0) is 14.1. The van der Waals surface area contributed by atoms with Gasteiger partial charge in [-0.15, -0.1) is 0 Å². The summed E-state index contributed by atoms with van der Waals surface area (Å²) in [5.41, 5.74) is 8.05. The van der Waals surface area contributed by atoms with Crippen LogP contribution in [0.25, 0.3) is 0 Å². The summed E-state index contributed by atoms with van der Waals surface area (Å²) >= 11 is 0. The number of anilines is 2. The van der Waals surface area contributed by atoms with E-state index in [9.17, 15) is 9.59 Å². The molecule has 2 aromatic rings. The summed E-state index contributed by atoms with van der Waals surface area (Å²) in [5.74, 6) is -0.632. The van der Waals surface area contributed by atoms with Crippen LogP contribution in [0.5, 0.6) is 0 Å². The maximum atomic E-state index is 12.5. The molecule has 0 fully saturated rings. The molecular formula is C16H14N2O2. The fourth-order valence-electron chi connectivity index (χ4n) is 2.42. The van der Waals surface area contributed by atoms with Gasteiger partial charge in [-0.3, -0.25) is 14.5 Å². The van der Waals surface area contributed by atoms with Crippen molar-refractivity contribution in [1.82, 2.24) is 0 Å². The van der Waals surface area contributed by atoms with Crippen molar-refractivity contribution in [2.24, 2.45) is 5.73 Å². The third-order valence-corrected chi connectivity index (χ3v) is 3.44. The molecule has 1 aliphatic heterocycles. The second kappa shape index (κ2) is 4.90. The molecule has 0 saturated heterocycles. The van der Waals surface area contributed by atoms with E-state index in [1.54, 1.807) is 0 Å². The molecule has 1 amide bonds. The third-order valence-electron chi connectivity index (χ3n) is 3.44. The highest BCUT2D eigenvalue weighted by molar-refractivity contribution is 6.17. The van der Waals surface area contributed by atoms with Crippen molar-refractivity contribution in [3.63, 3.8) is 0 Å². The molecule has 4 heteroatoms. The molecule has 2 N–H and O–H groups in total. The lowest BCUT2D eigenvalue weighted by molar-refractivity contribution is -0.127. The third kappa shape index (κ3) is 2.00. The van der Waals surface area contributed by atoms with Crippen molar-refractivity contribution in [3.8, 4) is 0 Å². The van der Waals surface area contributed by atoms with Crippen LogP contribution in [0, 0.1) is 0 Å².